The summed E-state index contributed by atoms with van der Waals surface area (Å²) in [6.07, 6.45) is 1.88. The molecule has 2 aromatic rings. The molecule has 0 saturated carbocycles. The van der Waals surface area contributed by atoms with Crippen molar-refractivity contribution in [1.29, 1.82) is 0 Å². The van der Waals surface area contributed by atoms with E-state index >= 15 is 0 Å². The van der Waals surface area contributed by atoms with Crippen molar-refractivity contribution < 1.29 is 4.79 Å². The van der Waals surface area contributed by atoms with Gasteiger partial charge in [-0.25, -0.2) is 0 Å². The van der Waals surface area contributed by atoms with Crippen LogP contribution in [0.4, 0.5) is 5.69 Å². The summed E-state index contributed by atoms with van der Waals surface area (Å²) in [5.41, 5.74) is 8.67. The van der Waals surface area contributed by atoms with Gasteiger partial charge in [-0.05, 0) is 42.2 Å². The zero-order valence-corrected chi connectivity index (χ0v) is 14.7. The average molecular weight is 353 g/mol. The van der Waals surface area contributed by atoms with Crippen molar-refractivity contribution in [2.75, 3.05) is 5.73 Å². The van der Waals surface area contributed by atoms with Crippen molar-refractivity contribution in [3.05, 3.63) is 64.7 Å². The first-order valence-electron chi connectivity index (χ1n) is 7.48. The third-order valence-electron chi connectivity index (χ3n) is 3.67. The number of hydrogen-bond acceptors (Lipinski definition) is 2. The fourth-order valence-electron chi connectivity index (χ4n) is 2.42. The molecule has 2 rings (SSSR count). The predicted molar refractivity (Wildman–Crippen MR) is 99.1 cm³/mol. The lowest BCUT2D eigenvalue weighted by Gasteiger charge is -2.18. The van der Waals surface area contributed by atoms with Crippen molar-refractivity contribution in [2.45, 2.75) is 32.2 Å². The molecule has 1 amide bonds. The molecule has 0 radical (unpaired) electrons. The van der Waals surface area contributed by atoms with Gasteiger partial charge in [0.15, 0.2) is 0 Å². The molecule has 0 saturated heterocycles. The lowest BCUT2D eigenvalue weighted by Crippen LogP contribution is -2.28. The Morgan fingerprint density at radius 1 is 1.22 bits per heavy atom. The highest BCUT2D eigenvalue weighted by atomic mass is 35.5. The molecule has 0 aliphatic rings. The minimum absolute atomic E-state index is 0. The second kappa shape index (κ2) is 9.43. The maximum atomic E-state index is 12.2. The standard InChI is InChI=1S/C18H21ClN2O.ClH/c1-2-17(14-7-5-8-15(19)12-14)21-18(22)11-10-13-6-3-4-9-16(13)20;/h3-9,12,17H,2,10-11,20H2,1H3,(H,21,22);1H. The summed E-state index contributed by atoms with van der Waals surface area (Å²) in [6, 6.07) is 15.2. The summed E-state index contributed by atoms with van der Waals surface area (Å²) in [6.45, 7) is 2.04. The molecule has 1 unspecified atom stereocenters. The second-order valence-corrected chi connectivity index (χ2v) is 5.72. The largest absolute Gasteiger partial charge is 0.399 e. The summed E-state index contributed by atoms with van der Waals surface area (Å²) in [5.74, 6) is 0.0232. The number of aryl methyl sites for hydroxylation is 1. The number of amides is 1. The third kappa shape index (κ3) is 5.77. The van der Waals surface area contributed by atoms with E-state index in [0.717, 1.165) is 23.2 Å². The van der Waals surface area contributed by atoms with E-state index in [2.05, 4.69) is 5.32 Å². The Morgan fingerprint density at radius 3 is 2.61 bits per heavy atom. The van der Waals surface area contributed by atoms with Crippen LogP contribution in [0.3, 0.4) is 0 Å². The normalized spacial score (nSPS) is 11.4. The number of rotatable bonds is 6. The molecule has 0 aliphatic carbocycles. The maximum absolute atomic E-state index is 12.2. The van der Waals surface area contributed by atoms with E-state index in [-0.39, 0.29) is 24.4 Å². The number of para-hydroxylation sites is 1. The number of nitrogen functional groups attached to an aromatic ring is 1. The van der Waals surface area contributed by atoms with Gasteiger partial charge in [0.25, 0.3) is 0 Å². The summed E-state index contributed by atoms with van der Waals surface area (Å²) >= 11 is 6.01. The van der Waals surface area contributed by atoms with Gasteiger partial charge in [0, 0.05) is 17.1 Å². The summed E-state index contributed by atoms with van der Waals surface area (Å²) in [4.78, 5) is 12.2. The number of anilines is 1. The fourth-order valence-corrected chi connectivity index (χ4v) is 2.62. The van der Waals surface area contributed by atoms with Gasteiger partial charge in [-0.15, -0.1) is 12.4 Å². The molecular weight excluding hydrogens is 331 g/mol. The van der Waals surface area contributed by atoms with Crippen LogP contribution in [0, 0.1) is 0 Å². The van der Waals surface area contributed by atoms with Crippen LogP contribution in [0.25, 0.3) is 0 Å². The molecule has 0 aliphatic heterocycles. The number of hydrogen-bond donors (Lipinski definition) is 2. The minimum Gasteiger partial charge on any atom is -0.399 e. The van der Waals surface area contributed by atoms with E-state index in [1.54, 1.807) is 0 Å². The first-order chi connectivity index (χ1) is 10.6. The van der Waals surface area contributed by atoms with Crippen LogP contribution in [-0.4, -0.2) is 5.91 Å². The summed E-state index contributed by atoms with van der Waals surface area (Å²) in [7, 11) is 0. The Labute approximate surface area is 148 Å². The SMILES string of the molecule is CCC(NC(=O)CCc1ccccc1N)c1cccc(Cl)c1.Cl. The molecule has 3 nitrogen and oxygen atoms in total. The number of carbonyl (C=O) groups is 1. The van der Waals surface area contributed by atoms with Crippen LogP contribution >= 0.6 is 24.0 Å². The van der Waals surface area contributed by atoms with Gasteiger partial charge in [-0.3, -0.25) is 4.79 Å². The average Bonchev–Trinajstić information content (AvgIpc) is 2.52. The van der Waals surface area contributed by atoms with Crippen LogP contribution in [-0.2, 0) is 11.2 Å². The Morgan fingerprint density at radius 2 is 1.96 bits per heavy atom. The smallest absolute Gasteiger partial charge is 0.220 e. The van der Waals surface area contributed by atoms with E-state index in [1.165, 1.54) is 0 Å². The lowest BCUT2D eigenvalue weighted by atomic mass is 10.0. The summed E-state index contributed by atoms with van der Waals surface area (Å²) in [5, 5.41) is 3.74. The molecule has 5 heteroatoms. The second-order valence-electron chi connectivity index (χ2n) is 5.28. The Bertz CT molecular complexity index is 646. The molecule has 2 aromatic carbocycles. The van der Waals surface area contributed by atoms with Gasteiger partial charge in [0.05, 0.1) is 6.04 Å². The zero-order valence-electron chi connectivity index (χ0n) is 13.1. The van der Waals surface area contributed by atoms with Crippen LogP contribution in [0.15, 0.2) is 48.5 Å². The van der Waals surface area contributed by atoms with Gasteiger partial charge in [0.2, 0.25) is 5.91 Å². The van der Waals surface area contributed by atoms with Crippen molar-refractivity contribution in [3.8, 4) is 0 Å². The van der Waals surface area contributed by atoms with Crippen molar-refractivity contribution in [1.82, 2.24) is 5.32 Å². The first kappa shape index (κ1) is 19.3. The predicted octanol–water partition coefficient (Wildman–Crippen LogP) is 4.54. The number of nitrogens with two attached hydrogens (primary N) is 1. The van der Waals surface area contributed by atoms with E-state index < -0.39 is 0 Å². The fraction of sp³-hybridized carbons (Fsp3) is 0.278. The van der Waals surface area contributed by atoms with Crippen LogP contribution in [0.1, 0.15) is 36.9 Å². The molecule has 0 bridgehead atoms. The van der Waals surface area contributed by atoms with Gasteiger partial charge >= 0.3 is 0 Å². The Hall–Kier alpha value is -1.71. The first-order valence-corrected chi connectivity index (χ1v) is 7.86. The topological polar surface area (TPSA) is 55.1 Å². The molecule has 0 aromatic heterocycles. The van der Waals surface area contributed by atoms with Crippen molar-refractivity contribution >= 4 is 35.6 Å². The highest BCUT2D eigenvalue weighted by molar-refractivity contribution is 6.30. The van der Waals surface area contributed by atoms with E-state index in [0.29, 0.717) is 17.9 Å². The molecule has 124 valence electrons. The minimum atomic E-state index is -0.0145. The van der Waals surface area contributed by atoms with Crippen LogP contribution in [0.5, 0.6) is 0 Å². The number of carbonyl (C=O) groups excluding carboxylic acids is 1. The molecule has 0 fully saturated rings. The van der Waals surface area contributed by atoms with E-state index in [9.17, 15) is 4.79 Å². The van der Waals surface area contributed by atoms with Crippen LogP contribution < -0.4 is 11.1 Å². The van der Waals surface area contributed by atoms with Gasteiger partial charge in [-0.2, -0.15) is 0 Å². The van der Waals surface area contributed by atoms with E-state index in [4.69, 9.17) is 17.3 Å². The Balaban J connectivity index is 0.00000264. The zero-order chi connectivity index (χ0) is 15.9. The van der Waals surface area contributed by atoms with Crippen molar-refractivity contribution in [3.63, 3.8) is 0 Å². The molecule has 3 N–H and O–H groups in total. The van der Waals surface area contributed by atoms with Gasteiger partial charge in [-0.1, -0.05) is 48.9 Å². The Kier molecular flexibility index (Phi) is 7.93. The highest BCUT2D eigenvalue weighted by Crippen LogP contribution is 2.20. The quantitative estimate of drug-likeness (QED) is 0.749. The molecule has 0 heterocycles. The van der Waals surface area contributed by atoms with Gasteiger partial charge < -0.3 is 11.1 Å². The van der Waals surface area contributed by atoms with Gasteiger partial charge in [0.1, 0.15) is 0 Å². The third-order valence-corrected chi connectivity index (χ3v) is 3.91. The number of benzene rings is 2. The molecule has 23 heavy (non-hydrogen) atoms. The number of halogens is 2. The maximum Gasteiger partial charge on any atom is 0.220 e. The van der Waals surface area contributed by atoms with Crippen LogP contribution in [0.2, 0.25) is 5.02 Å². The monoisotopic (exact) mass is 352 g/mol. The molecular formula is C18H22Cl2N2O. The number of nitrogens with one attached hydrogen (secondary N) is 1. The lowest BCUT2D eigenvalue weighted by molar-refractivity contribution is -0.121. The molecule has 0 spiro atoms. The van der Waals surface area contributed by atoms with Crippen molar-refractivity contribution in [2.24, 2.45) is 0 Å². The molecule has 1 atom stereocenters. The highest BCUT2D eigenvalue weighted by Gasteiger charge is 2.13. The van der Waals surface area contributed by atoms with E-state index in [1.807, 2.05) is 55.5 Å². The summed E-state index contributed by atoms with van der Waals surface area (Å²) < 4.78 is 0.